The van der Waals surface area contributed by atoms with Crippen LogP contribution in [0.5, 0.6) is 5.75 Å². The monoisotopic (exact) mass is 584 g/mol. The Morgan fingerprint density at radius 1 is 1.02 bits per heavy atom. The van der Waals surface area contributed by atoms with Crippen molar-refractivity contribution in [3.63, 3.8) is 0 Å². The number of ether oxygens (including phenoxy) is 1. The van der Waals surface area contributed by atoms with Crippen LogP contribution in [-0.2, 0) is 6.42 Å². The van der Waals surface area contributed by atoms with Gasteiger partial charge in [0.15, 0.2) is 0 Å². The average molecular weight is 585 g/mol. The first-order valence-electron chi connectivity index (χ1n) is 13.7. The van der Waals surface area contributed by atoms with Crippen LogP contribution in [0.2, 0.25) is 5.15 Å². The molecule has 0 fully saturated rings. The molecule has 0 spiro atoms. The molecule has 0 bridgehead atoms. The highest BCUT2D eigenvalue weighted by Gasteiger charge is 2.43. The van der Waals surface area contributed by atoms with E-state index in [0.29, 0.717) is 12.2 Å². The highest BCUT2D eigenvalue weighted by atomic mass is 35.5. The molecule has 0 saturated carbocycles. The maximum Gasteiger partial charge on any atom is 0.408 e. The van der Waals surface area contributed by atoms with Crippen molar-refractivity contribution >= 4 is 23.6 Å². The molecule has 0 saturated heterocycles. The molecule has 3 N–H and O–H groups in total. The van der Waals surface area contributed by atoms with Crippen LogP contribution in [0.4, 0.5) is 4.79 Å². The molecule has 10 heteroatoms. The Kier molecular flexibility index (Phi) is 7.53. The van der Waals surface area contributed by atoms with Crippen LogP contribution in [0.25, 0.3) is 11.1 Å². The quantitative estimate of drug-likeness (QED) is 0.259. The maximum atomic E-state index is 13.0. The fraction of sp³-hybridized carbons (Fsp3) is 0.250. The van der Waals surface area contributed by atoms with Crippen LogP contribution < -0.4 is 10.1 Å². The third kappa shape index (κ3) is 5.06. The first kappa shape index (κ1) is 27.7. The smallest absolute Gasteiger partial charge is 0.408 e. The highest BCUT2D eigenvalue weighted by Crippen LogP contribution is 2.50. The van der Waals surface area contributed by atoms with Crippen molar-refractivity contribution < 1.29 is 24.5 Å². The Morgan fingerprint density at radius 2 is 1.71 bits per heavy atom. The Hall–Kier alpha value is -4.47. The van der Waals surface area contributed by atoms with Crippen LogP contribution in [0.1, 0.15) is 51.1 Å². The second kappa shape index (κ2) is 11.4. The lowest BCUT2D eigenvalue weighted by Gasteiger charge is -2.44. The van der Waals surface area contributed by atoms with E-state index in [1.165, 1.54) is 17.3 Å². The fourth-order valence-corrected chi connectivity index (χ4v) is 6.50. The largest absolute Gasteiger partial charge is 0.497 e. The van der Waals surface area contributed by atoms with E-state index < -0.39 is 30.2 Å². The van der Waals surface area contributed by atoms with Crippen molar-refractivity contribution in [2.24, 2.45) is 0 Å². The first-order chi connectivity index (χ1) is 20.4. The number of nitrogens with one attached hydrogen (secondary N) is 1. The minimum absolute atomic E-state index is 0.0508. The number of nitrogens with zero attached hydrogens (tertiary/aromatic N) is 3. The molecule has 6 rings (SSSR count). The van der Waals surface area contributed by atoms with Crippen LogP contribution in [0, 0.1) is 0 Å². The van der Waals surface area contributed by atoms with Gasteiger partial charge < -0.3 is 20.3 Å². The molecule has 1 aliphatic heterocycles. The third-order valence-corrected chi connectivity index (χ3v) is 8.47. The number of hydrogen-bond donors (Lipinski definition) is 3. The molecule has 1 unspecified atom stereocenters. The molecule has 1 aromatic heterocycles. The van der Waals surface area contributed by atoms with Gasteiger partial charge in [0.25, 0.3) is 5.91 Å². The van der Waals surface area contributed by atoms with Gasteiger partial charge in [0.2, 0.25) is 0 Å². The van der Waals surface area contributed by atoms with Crippen molar-refractivity contribution in [1.29, 1.82) is 0 Å². The summed E-state index contributed by atoms with van der Waals surface area (Å²) in [4.78, 5) is 34.7. The number of rotatable bonds is 7. The second-order valence-corrected chi connectivity index (χ2v) is 10.9. The number of hydrogen-bond acceptors (Lipinski definition) is 6. The number of halogens is 1. The zero-order chi connectivity index (χ0) is 29.4. The molecular weight excluding hydrogens is 556 g/mol. The van der Waals surface area contributed by atoms with Gasteiger partial charge in [-0.3, -0.25) is 9.69 Å². The fourth-order valence-electron chi connectivity index (χ4n) is 6.36. The second-order valence-electron chi connectivity index (χ2n) is 10.5. The Bertz CT molecular complexity index is 1620. The van der Waals surface area contributed by atoms with Gasteiger partial charge in [0.05, 0.1) is 25.3 Å². The lowest BCUT2D eigenvalue weighted by Crippen LogP contribution is -2.55. The van der Waals surface area contributed by atoms with E-state index in [1.54, 1.807) is 7.11 Å². The topological polar surface area (TPSA) is 125 Å². The van der Waals surface area contributed by atoms with Gasteiger partial charge in [0.1, 0.15) is 22.9 Å². The van der Waals surface area contributed by atoms with Gasteiger partial charge in [-0.15, -0.1) is 0 Å². The molecule has 2 amide bonds. The van der Waals surface area contributed by atoms with Crippen LogP contribution >= 0.6 is 11.6 Å². The van der Waals surface area contributed by atoms with Gasteiger partial charge in [-0.2, -0.15) is 0 Å². The van der Waals surface area contributed by atoms with Crippen molar-refractivity contribution in [2.75, 3.05) is 13.7 Å². The number of aliphatic hydroxyl groups is 1. The van der Waals surface area contributed by atoms with Crippen LogP contribution in [-0.4, -0.2) is 62.9 Å². The van der Waals surface area contributed by atoms with Crippen molar-refractivity contribution in [3.8, 4) is 16.9 Å². The molecule has 2 aliphatic rings. The number of aromatic nitrogens is 2. The molecule has 0 radical (unpaired) electrons. The number of methoxy groups -OCH3 is 1. The minimum atomic E-state index is -1.19. The lowest BCUT2D eigenvalue weighted by molar-refractivity contribution is 0.0173. The number of amides is 2. The van der Waals surface area contributed by atoms with Crippen molar-refractivity contribution in [2.45, 2.75) is 36.9 Å². The van der Waals surface area contributed by atoms with Gasteiger partial charge in [-0.25, -0.2) is 14.8 Å². The molecule has 42 heavy (non-hydrogen) atoms. The summed E-state index contributed by atoms with van der Waals surface area (Å²) < 4.78 is 5.51. The van der Waals surface area contributed by atoms with Gasteiger partial charge in [-0.1, -0.05) is 66.2 Å². The Balaban J connectivity index is 1.35. The maximum absolute atomic E-state index is 13.0. The molecule has 214 valence electrons. The molecule has 4 aromatic rings. The van der Waals surface area contributed by atoms with E-state index in [2.05, 4.69) is 39.6 Å². The highest BCUT2D eigenvalue weighted by molar-refractivity contribution is 6.29. The first-order valence-corrected chi connectivity index (χ1v) is 14.0. The number of fused-ring (bicyclic) bond motifs is 4. The summed E-state index contributed by atoms with van der Waals surface area (Å²) in [5.74, 6) is 0.0318. The molecule has 1 aliphatic carbocycles. The molecule has 3 atom stereocenters. The predicted octanol–water partition coefficient (Wildman–Crippen LogP) is 5.08. The lowest BCUT2D eigenvalue weighted by atomic mass is 9.80. The summed E-state index contributed by atoms with van der Waals surface area (Å²) in [5.41, 5.74) is 6.41. The van der Waals surface area contributed by atoms with Gasteiger partial charge in [0, 0.05) is 18.5 Å². The van der Waals surface area contributed by atoms with E-state index >= 15 is 0 Å². The number of carbonyl (C=O) groups excluding carboxylic acids is 1. The number of carboxylic acid groups (broad SMARTS) is 1. The Labute approximate surface area is 247 Å². The number of benzene rings is 3. The summed E-state index contributed by atoms with van der Waals surface area (Å²) in [7, 11) is 1.58. The van der Waals surface area contributed by atoms with Gasteiger partial charge >= 0.3 is 6.09 Å². The normalized spacial score (nSPS) is 18.0. The average Bonchev–Trinajstić information content (AvgIpc) is 3.32. The van der Waals surface area contributed by atoms with E-state index in [0.717, 1.165) is 33.4 Å². The summed E-state index contributed by atoms with van der Waals surface area (Å²) in [6, 6.07) is 22.0. The molecular formula is C32H29ClN4O5. The number of carbonyl (C=O) groups is 2. The van der Waals surface area contributed by atoms with Gasteiger partial charge in [-0.05, 0) is 58.4 Å². The van der Waals surface area contributed by atoms with E-state index in [1.807, 2.05) is 42.5 Å². The Morgan fingerprint density at radius 3 is 2.36 bits per heavy atom. The summed E-state index contributed by atoms with van der Waals surface area (Å²) in [6.07, 6.45) is -0.420. The third-order valence-electron chi connectivity index (χ3n) is 8.26. The standard InChI is InChI=1S/C32H29ClN4O5/c1-42-19-11-10-18-12-28(29(38)16-34-31(39)26-15-30(33)36-17-35-26)37(32(40)41)27(24(18)13-19)14-25-22-8-4-2-6-20(22)21-7-3-5-9-23(21)25/h2-11,13,15,17,25,27-29,38H,12,14,16H2,1H3,(H,34,39)(H,40,41)/t27-,28?,29+/m0/s1. The predicted molar refractivity (Wildman–Crippen MR) is 157 cm³/mol. The molecule has 9 nitrogen and oxygen atoms in total. The minimum Gasteiger partial charge on any atom is -0.497 e. The zero-order valence-corrected chi connectivity index (χ0v) is 23.5. The van der Waals surface area contributed by atoms with E-state index in [-0.39, 0.29) is 29.7 Å². The van der Waals surface area contributed by atoms with Crippen LogP contribution in [0.3, 0.4) is 0 Å². The van der Waals surface area contributed by atoms with E-state index in [9.17, 15) is 19.8 Å². The molecule has 3 aromatic carbocycles. The SMILES string of the molecule is COc1ccc2c(c1)[C@H](CC1c3ccccc3-c3ccccc31)N(C(=O)O)C([C@H](O)CNC(=O)c1cc(Cl)ncn1)C2. The van der Waals surface area contributed by atoms with Crippen molar-refractivity contribution in [3.05, 3.63) is 112 Å². The summed E-state index contributed by atoms with van der Waals surface area (Å²) >= 11 is 5.88. The van der Waals surface area contributed by atoms with Crippen LogP contribution in [0.15, 0.2) is 79.1 Å². The summed E-state index contributed by atoms with van der Waals surface area (Å²) in [5, 5.41) is 24.7. The summed E-state index contributed by atoms with van der Waals surface area (Å²) in [6.45, 7) is -0.178. The van der Waals surface area contributed by atoms with Crippen molar-refractivity contribution in [1.82, 2.24) is 20.2 Å². The zero-order valence-electron chi connectivity index (χ0n) is 22.8. The number of aliphatic hydroxyl groups excluding tert-OH is 1. The molecule has 2 heterocycles. The van der Waals surface area contributed by atoms with E-state index in [4.69, 9.17) is 16.3 Å².